The van der Waals surface area contributed by atoms with E-state index in [1.54, 1.807) is 25.6 Å². The molecule has 0 aliphatic carbocycles. The molecule has 21 heavy (non-hydrogen) atoms. The van der Waals surface area contributed by atoms with Crippen LogP contribution < -0.4 is 14.8 Å². The van der Waals surface area contributed by atoms with E-state index in [4.69, 9.17) is 9.47 Å². The molecule has 1 atom stereocenters. The highest BCUT2D eigenvalue weighted by atomic mass is 127. The smallest absolute Gasteiger partial charge is 0.252 e. The topological polar surface area (TPSA) is 47.6 Å². The molecule has 1 unspecified atom stereocenters. The number of hydrogen-bond donors (Lipinski definition) is 1. The van der Waals surface area contributed by atoms with Crippen LogP contribution in [0.25, 0.3) is 0 Å². The summed E-state index contributed by atoms with van der Waals surface area (Å²) < 4.78 is 11.6. The van der Waals surface area contributed by atoms with Crippen LogP contribution >= 0.6 is 33.9 Å². The number of rotatable bonds is 5. The highest BCUT2D eigenvalue weighted by Gasteiger charge is 2.16. The Balaban J connectivity index is 2.16. The molecule has 2 aromatic rings. The Morgan fingerprint density at radius 2 is 2.05 bits per heavy atom. The fraction of sp³-hybridized carbons (Fsp3) is 0.267. The Morgan fingerprint density at radius 3 is 2.62 bits per heavy atom. The lowest BCUT2D eigenvalue weighted by Crippen LogP contribution is -2.26. The average Bonchev–Trinajstić information content (AvgIpc) is 2.93. The maximum absolute atomic E-state index is 12.2. The molecule has 0 saturated carbocycles. The maximum Gasteiger partial charge on any atom is 0.252 e. The van der Waals surface area contributed by atoms with Crippen LogP contribution in [-0.2, 0) is 0 Å². The third-order valence-electron chi connectivity index (χ3n) is 3.08. The number of thiophene rings is 1. The summed E-state index contributed by atoms with van der Waals surface area (Å²) in [6, 6.07) is 7.29. The Labute approximate surface area is 141 Å². The van der Waals surface area contributed by atoms with E-state index in [0.29, 0.717) is 11.3 Å². The summed E-state index contributed by atoms with van der Waals surface area (Å²) in [4.78, 5) is 12.2. The largest absolute Gasteiger partial charge is 0.497 e. The molecule has 112 valence electrons. The predicted octanol–water partition coefficient (Wildman–Crippen LogP) is 3.86. The first-order chi connectivity index (χ1) is 10.0. The lowest BCUT2D eigenvalue weighted by Gasteiger charge is -2.17. The van der Waals surface area contributed by atoms with Gasteiger partial charge in [0.2, 0.25) is 0 Å². The second-order valence-electron chi connectivity index (χ2n) is 4.44. The van der Waals surface area contributed by atoms with E-state index in [-0.39, 0.29) is 11.9 Å². The predicted molar refractivity (Wildman–Crippen MR) is 92.5 cm³/mol. The van der Waals surface area contributed by atoms with Crippen molar-refractivity contribution in [1.29, 1.82) is 0 Å². The van der Waals surface area contributed by atoms with Crippen molar-refractivity contribution in [3.63, 3.8) is 0 Å². The van der Waals surface area contributed by atoms with Gasteiger partial charge in [-0.3, -0.25) is 4.79 Å². The summed E-state index contributed by atoms with van der Waals surface area (Å²) in [6.45, 7) is 1.93. The molecule has 1 aromatic heterocycles. The van der Waals surface area contributed by atoms with Gasteiger partial charge in [-0.1, -0.05) is 0 Å². The first-order valence-electron chi connectivity index (χ1n) is 6.32. The van der Waals surface area contributed by atoms with Crippen molar-refractivity contribution in [2.24, 2.45) is 0 Å². The normalized spacial score (nSPS) is 11.8. The van der Waals surface area contributed by atoms with Crippen molar-refractivity contribution < 1.29 is 14.3 Å². The van der Waals surface area contributed by atoms with Crippen LogP contribution in [0.3, 0.4) is 0 Å². The number of methoxy groups -OCH3 is 2. The molecule has 0 saturated heterocycles. The average molecular weight is 417 g/mol. The van der Waals surface area contributed by atoms with Crippen LogP contribution in [0, 0.1) is 2.88 Å². The van der Waals surface area contributed by atoms with Gasteiger partial charge in [-0.2, -0.15) is 0 Å². The van der Waals surface area contributed by atoms with Gasteiger partial charge in [0.15, 0.2) is 0 Å². The van der Waals surface area contributed by atoms with E-state index in [1.165, 1.54) is 0 Å². The van der Waals surface area contributed by atoms with Crippen molar-refractivity contribution in [1.82, 2.24) is 5.32 Å². The van der Waals surface area contributed by atoms with Gasteiger partial charge in [0.1, 0.15) is 11.5 Å². The Hall–Kier alpha value is -1.28. The van der Waals surface area contributed by atoms with Crippen molar-refractivity contribution in [3.8, 4) is 11.5 Å². The highest BCUT2D eigenvalue weighted by molar-refractivity contribution is 14.1. The van der Waals surface area contributed by atoms with Crippen molar-refractivity contribution in [2.75, 3.05) is 14.2 Å². The zero-order chi connectivity index (χ0) is 15.4. The number of ether oxygens (including phenoxy) is 2. The summed E-state index contributed by atoms with van der Waals surface area (Å²) in [5.74, 6) is 1.34. The summed E-state index contributed by atoms with van der Waals surface area (Å²) in [7, 11) is 3.21. The number of hydrogen-bond acceptors (Lipinski definition) is 4. The van der Waals surface area contributed by atoms with Crippen molar-refractivity contribution in [3.05, 3.63) is 43.7 Å². The molecule has 0 aliphatic heterocycles. The number of carbonyl (C=O) groups excluding carboxylic acids is 1. The van der Waals surface area contributed by atoms with Gasteiger partial charge < -0.3 is 14.8 Å². The fourth-order valence-corrected chi connectivity index (χ4v) is 3.29. The van der Waals surface area contributed by atoms with Crippen LogP contribution in [0.2, 0.25) is 0 Å². The minimum absolute atomic E-state index is 0.0838. The number of amides is 1. The van der Waals surface area contributed by atoms with Gasteiger partial charge in [-0.25, -0.2) is 0 Å². The number of nitrogens with one attached hydrogen (secondary N) is 1. The molecule has 1 amide bonds. The molecule has 4 nitrogen and oxygen atoms in total. The van der Waals surface area contributed by atoms with Gasteiger partial charge in [-0.05, 0) is 47.7 Å². The zero-order valence-electron chi connectivity index (χ0n) is 12.0. The number of halogens is 1. The van der Waals surface area contributed by atoms with Crippen LogP contribution in [0.4, 0.5) is 0 Å². The SMILES string of the molecule is COc1ccc(C(C)NC(=O)c2csc(I)c2)c(OC)c1. The van der Waals surface area contributed by atoms with E-state index in [9.17, 15) is 4.79 Å². The molecule has 1 heterocycles. The Morgan fingerprint density at radius 1 is 1.29 bits per heavy atom. The van der Waals surface area contributed by atoms with Gasteiger partial charge in [-0.15, -0.1) is 11.3 Å². The van der Waals surface area contributed by atoms with Crippen LogP contribution in [0.5, 0.6) is 11.5 Å². The second kappa shape index (κ2) is 7.13. The monoisotopic (exact) mass is 417 g/mol. The molecule has 0 radical (unpaired) electrons. The second-order valence-corrected chi connectivity index (χ2v) is 7.25. The maximum atomic E-state index is 12.2. The summed E-state index contributed by atoms with van der Waals surface area (Å²) in [5, 5.41) is 4.84. The van der Waals surface area contributed by atoms with E-state index >= 15 is 0 Å². The van der Waals surface area contributed by atoms with Crippen molar-refractivity contribution in [2.45, 2.75) is 13.0 Å². The van der Waals surface area contributed by atoms with E-state index < -0.39 is 0 Å². The minimum Gasteiger partial charge on any atom is -0.497 e. The lowest BCUT2D eigenvalue weighted by molar-refractivity contribution is 0.0940. The molecule has 0 spiro atoms. The molecule has 6 heteroatoms. The Bertz CT molecular complexity index is 642. The van der Waals surface area contributed by atoms with E-state index in [2.05, 4.69) is 27.9 Å². The number of carbonyl (C=O) groups is 1. The Kier molecular flexibility index (Phi) is 5.46. The quantitative estimate of drug-likeness (QED) is 0.752. The molecule has 2 rings (SSSR count). The summed E-state index contributed by atoms with van der Waals surface area (Å²) in [6.07, 6.45) is 0. The standard InChI is InChI=1S/C15H16INO3S/c1-9(17-15(18)10-6-14(16)21-8-10)12-5-4-11(19-2)7-13(12)20-3/h4-9H,1-3H3,(H,17,18). The molecule has 1 N–H and O–H groups in total. The van der Waals surface area contributed by atoms with Crippen molar-refractivity contribution >= 4 is 39.8 Å². The fourth-order valence-electron chi connectivity index (χ4n) is 1.96. The first-order valence-corrected chi connectivity index (χ1v) is 8.27. The van der Waals surface area contributed by atoms with E-state index in [1.807, 2.05) is 36.6 Å². The lowest BCUT2D eigenvalue weighted by atomic mass is 10.1. The molecule has 1 aromatic carbocycles. The van der Waals surface area contributed by atoms with Gasteiger partial charge in [0.25, 0.3) is 5.91 Å². The molecular weight excluding hydrogens is 401 g/mol. The van der Waals surface area contributed by atoms with Crippen LogP contribution in [-0.4, -0.2) is 20.1 Å². The molecule has 0 bridgehead atoms. The first kappa shape index (κ1) is 16.1. The van der Waals surface area contributed by atoms with Gasteiger partial charge in [0.05, 0.1) is 28.7 Å². The molecule has 0 fully saturated rings. The minimum atomic E-state index is -0.157. The van der Waals surface area contributed by atoms with E-state index in [0.717, 1.165) is 14.2 Å². The number of benzene rings is 1. The zero-order valence-corrected chi connectivity index (χ0v) is 14.9. The molecule has 0 aliphatic rings. The molecular formula is C15H16INO3S. The van der Waals surface area contributed by atoms with Gasteiger partial charge >= 0.3 is 0 Å². The third-order valence-corrected chi connectivity index (χ3v) is 4.87. The van der Waals surface area contributed by atoms with Crippen LogP contribution in [0.15, 0.2) is 29.6 Å². The summed E-state index contributed by atoms with van der Waals surface area (Å²) >= 11 is 3.76. The van der Waals surface area contributed by atoms with Crippen LogP contribution in [0.1, 0.15) is 28.9 Å². The third kappa shape index (κ3) is 3.88. The van der Waals surface area contributed by atoms with Gasteiger partial charge in [0, 0.05) is 17.0 Å². The highest BCUT2D eigenvalue weighted by Crippen LogP contribution is 2.29. The summed E-state index contributed by atoms with van der Waals surface area (Å²) in [5.41, 5.74) is 1.60.